The van der Waals surface area contributed by atoms with Crippen LogP contribution < -0.4 is 4.72 Å². The molecule has 0 radical (unpaired) electrons. The van der Waals surface area contributed by atoms with E-state index in [-0.39, 0.29) is 42.1 Å². The Morgan fingerprint density at radius 3 is 2.64 bits per heavy atom. The fourth-order valence-corrected chi connectivity index (χ4v) is 7.90. The molecule has 2 atom stereocenters. The maximum atomic E-state index is 13.4. The van der Waals surface area contributed by atoms with Crippen LogP contribution in [0.1, 0.15) is 51.3 Å². The van der Waals surface area contributed by atoms with E-state index in [4.69, 9.17) is 16.3 Å². The zero-order valence-corrected chi connectivity index (χ0v) is 27.2. The zero-order chi connectivity index (χ0) is 30.7. The van der Waals surface area contributed by atoms with Gasteiger partial charge in [0.1, 0.15) is 17.8 Å². The lowest BCUT2D eigenvalue weighted by Crippen LogP contribution is -2.50. The van der Waals surface area contributed by atoms with Crippen LogP contribution in [0.2, 0.25) is 4.34 Å². The van der Waals surface area contributed by atoms with E-state index in [0.717, 1.165) is 30.7 Å². The highest BCUT2D eigenvalue weighted by Crippen LogP contribution is 2.24. The van der Waals surface area contributed by atoms with E-state index in [1.54, 1.807) is 30.2 Å². The van der Waals surface area contributed by atoms with E-state index in [1.807, 2.05) is 25.7 Å². The van der Waals surface area contributed by atoms with Gasteiger partial charge in [0, 0.05) is 56.7 Å². The first-order chi connectivity index (χ1) is 19.7. The van der Waals surface area contributed by atoms with Crippen molar-refractivity contribution >= 4 is 50.9 Å². The maximum absolute atomic E-state index is 13.4. The molecule has 3 aliphatic rings. The zero-order valence-electron chi connectivity index (χ0n) is 24.8. The minimum Gasteiger partial charge on any atom is -0.444 e. The molecule has 0 aliphatic carbocycles. The van der Waals surface area contributed by atoms with Gasteiger partial charge in [-0.3, -0.25) is 19.2 Å². The molecule has 4 rings (SSSR count). The van der Waals surface area contributed by atoms with Crippen molar-refractivity contribution in [2.75, 3.05) is 52.1 Å². The molecule has 42 heavy (non-hydrogen) atoms. The molecular formula is C28H42ClN5O6S2. The van der Waals surface area contributed by atoms with Gasteiger partial charge >= 0.3 is 6.09 Å². The molecule has 14 heteroatoms. The number of likely N-dealkylation sites (N-methyl/N-ethyl adjacent to an activating group) is 1. The Hall–Kier alpha value is -2.35. The number of halogens is 1. The van der Waals surface area contributed by atoms with Crippen LogP contribution in [-0.2, 0) is 30.8 Å². The summed E-state index contributed by atoms with van der Waals surface area (Å²) < 4.78 is 33.9. The van der Waals surface area contributed by atoms with Crippen molar-refractivity contribution in [2.24, 2.45) is 0 Å². The van der Waals surface area contributed by atoms with Crippen LogP contribution in [-0.4, -0.2) is 116 Å². The number of carbonyl (C=O) groups is 3. The summed E-state index contributed by atoms with van der Waals surface area (Å²) in [5, 5.41) is 0. The third kappa shape index (κ3) is 8.84. The molecular weight excluding hydrogens is 602 g/mol. The number of likely N-dealkylation sites (tertiary alicyclic amines) is 2. The first kappa shape index (κ1) is 32.6. The van der Waals surface area contributed by atoms with Crippen LogP contribution in [0.15, 0.2) is 23.9 Å². The van der Waals surface area contributed by atoms with E-state index < -0.39 is 21.5 Å². The van der Waals surface area contributed by atoms with E-state index >= 15 is 0 Å². The van der Waals surface area contributed by atoms with Crippen LogP contribution in [0.3, 0.4) is 0 Å². The molecule has 1 N–H and O–H groups in total. The number of rotatable bonds is 10. The lowest BCUT2D eigenvalue weighted by Gasteiger charge is -2.32. The Balaban J connectivity index is 1.27. The average Bonchev–Trinajstić information content (AvgIpc) is 3.65. The van der Waals surface area contributed by atoms with Crippen LogP contribution >= 0.6 is 22.9 Å². The van der Waals surface area contributed by atoms with Gasteiger partial charge in [0.25, 0.3) is 5.91 Å². The molecule has 0 spiro atoms. The Kier molecular flexibility index (Phi) is 10.5. The van der Waals surface area contributed by atoms with Crippen LogP contribution in [0.5, 0.6) is 0 Å². The monoisotopic (exact) mass is 643 g/mol. The Morgan fingerprint density at radius 2 is 1.95 bits per heavy atom. The SMILES string of the molecule is CN(C(=O)OC(C)(C)C)C1CCN(CC2CCCN2C(=O)CN2CCC=C(NS(=O)(=O)CCc3ccc(Cl)s3)C2=O)C1. The Bertz CT molecular complexity index is 1290. The number of hydrogen-bond donors (Lipinski definition) is 1. The molecule has 2 unspecified atom stereocenters. The quantitative estimate of drug-likeness (QED) is 0.416. The number of thiophene rings is 1. The minimum atomic E-state index is -3.75. The predicted octanol–water partition coefficient (Wildman–Crippen LogP) is 2.91. The Labute approximate surface area is 257 Å². The van der Waals surface area contributed by atoms with Crippen molar-refractivity contribution in [2.45, 2.75) is 70.6 Å². The number of amides is 3. The number of aryl methyl sites for hydroxylation is 1. The predicted molar refractivity (Wildman–Crippen MR) is 163 cm³/mol. The van der Waals surface area contributed by atoms with Gasteiger partial charge in [-0.2, -0.15) is 0 Å². The summed E-state index contributed by atoms with van der Waals surface area (Å²) in [5.41, 5.74) is -0.557. The number of carbonyl (C=O) groups excluding carboxylic acids is 3. The van der Waals surface area contributed by atoms with E-state index in [0.29, 0.717) is 43.4 Å². The molecule has 1 aromatic rings. The average molecular weight is 644 g/mol. The topological polar surface area (TPSA) is 120 Å². The molecule has 4 heterocycles. The molecule has 0 bridgehead atoms. The molecule has 11 nitrogen and oxygen atoms in total. The number of nitrogens with zero attached hydrogens (tertiary/aromatic N) is 4. The standard InChI is InChI=1S/C28H42ClN5O6S2/c1-28(2,3)40-27(37)31(4)20-11-15-32(17-20)18-21-7-5-14-34(21)25(35)19-33-13-6-8-23(26(33)36)30-42(38,39)16-12-22-9-10-24(29)41-22/h8-10,20-21,30H,5-7,11-19H2,1-4H3. The highest BCUT2D eigenvalue weighted by Gasteiger charge is 2.36. The summed E-state index contributed by atoms with van der Waals surface area (Å²) in [6.45, 7) is 8.69. The normalized spacial score (nSPS) is 21.9. The molecule has 1 aromatic heterocycles. The van der Waals surface area contributed by atoms with Crippen LogP contribution in [0.4, 0.5) is 4.79 Å². The summed E-state index contributed by atoms with van der Waals surface area (Å²) in [5.74, 6) is -0.792. The summed E-state index contributed by atoms with van der Waals surface area (Å²) >= 11 is 7.26. The third-order valence-corrected chi connectivity index (χ3v) is 10.3. The fourth-order valence-electron chi connectivity index (χ4n) is 5.58. The smallest absolute Gasteiger partial charge is 0.410 e. The van der Waals surface area contributed by atoms with Gasteiger partial charge in [-0.15, -0.1) is 11.3 Å². The van der Waals surface area contributed by atoms with Gasteiger partial charge in [0.15, 0.2) is 0 Å². The fraction of sp³-hybridized carbons (Fsp3) is 0.679. The van der Waals surface area contributed by atoms with Gasteiger partial charge in [-0.1, -0.05) is 17.7 Å². The lowest BCUT2D eigenvalue weighted by molar-refractivity contribution is -0.139. The van der Waals surface area contributed by atoms with Gasteiger partial charge in [0.05, 0.1) is 10.1 Å². The number of nitrogens with one attached hydrogen (secondary N) is 1. The highest BCUT2D eigenvalue weighted by atomic mass is 35.5. The van der Waals surface area contributed by atoms with Crippen LogP contribution in [0, 0.1) is 0 Å². The maximum Gasteiger partial charge on any atom is 0.410 e. The second-order valence-electron chi connectivity index (χ2n) is 12.2. The van der Waals surface area contributed by atoms with Crippen molar-refractivity contribution < 1.29 is 27.5 Å². The largest absolute Gasteiger partial charge is 0.444 e. The number of ether oxygens (including phenoxy) is 1. The van der Waals surface area contributed by atoms with Crippen molar-refractivity contribution in [1.29, 1.82) is 0 Å². The third-order valence-electron chi connectivity index (χ3n) is 7.75. The second kappa shape index (κ2) is 13.5. The molecule has 2 saturated heterocycles. The van der Waals surface area contributed by atoms with Crippen LogP contribution in [0.25, 0.3) is 0 Å². The molecule has 3 aliphatic heterocycles. The van der Waals surface area contributed by atoms with Crippen molar-refractivity contribution in [3.05, 3.63) is 33.1 Å². The van der Waals surface area contributed by atoms with Gasteiger partial charge in [-0.05, 0) is 65.0 Å². The minimum absolute atomic E-state index is 0.00607. The summed E-state index contributed by atoms with van der Waals surface area (Å²) in [4.78, 5) is 47.1. The lowest BCUT2D eigenvalue weighted by atomic mass is 10.2. The number of sulfonamides is 1. The second-order valence-corrected chi connectivity index (χ2v) is 15.8. The summed E-state index contributed by atoms with van der Waals surface area (Å²) in [6.07, 6.45) is 4.61. The molecule has 234 valence electrons. The van der Waals surface area contributed by atoms with E-state index in [9.17, 15) is 22.8 Å². The summed E-state index contributed by atoms with van der Waals surface area (Å²) in [6, 6.07) is 3.59. The van der Waals surface area contributed by atoms with Crippen molar-refractivity contribution in [1.82, 2.24) is 24.3 Å². The molecule has 0 saturated carbocycles. The van der Waals surface area contributed by atoms with Gasteiger partial charge in [-0.25, -0.2) is 13.2 Å². The molecule has 2 fully saturated rings. The molecule has 0 aromatic carbocycles. The van der Waals surface area contributed by atoms with Gasteiger partial charge < -0.3 is 19.4 Å². The van der Waals surface area contributed by atoms with E-state index in [2.05, 4.69) is 9.62 Å². The summed E-state index contributed by atoms with van der Waals surface area (Å²) in [7, 11) is -1.98. The molecule has 3 amide bonds. The number of hydrogen-bond acceptors (Lipinski definition) is 8. The van der Waals surface area contributed by atoms with Gasteiger partial charge in [0.2, 0.25) is 15.9 Å². The first-order valence-corrected chi connectivity index (χ1v) is 17.3. The van der Waals surface area contributed by atoms with Crippen molar-refractivity contribution in [3.8, 4) is 0 Å². The highest BCUT2D eigenvalue weighted by molar-refractivity contribution is 7.89. The van der Waals surface area contributed by atoms with Crippen molar-refractivity contribution in [3.63, 3.8) is 0 Å². The Morgan fingerprint density at radius 1 is 1.19 bits per heavy atom. The van der Waals surface area contributed by atoms with E-state index in [1.165, 1.54) is 16.2 Å². The first-order valence-electron chi connectivity index (χ1n) is 14.4.